The second-order valence-electron chi connectivity index (χ2n) is 11.8. The number of carbonyl (C=O) groups is 1. The molecule has 0 bridgehead atoms. The van der Waals surface area contributed by atoms with Crippen LogP contribution >= 0.6 is 0 Å². The summed E-state index contributed by atoms with van der Waals surface area (Å²) in [5.41, 5.74) is 4.74. The number of aromatic nitrogens is 2. The molecular weight excluding hydrogens is 490 g/mol. The molecule has 5 rings (SSSR count). The molecule has 2 aromatic carbocycles. The van der Waals surface area contributed by atoms with Gasteiger partial charge in [0.2, 0.25) is 17.6 Å². The Bertz CT molecular complexity index is 1210. The highest BCUT2D eigenvalue weighted by Gasteiger charge is 2.27. The Hall–Kier alpha value is -3.07. The highest BCUT2D eigenvalue weighted by atomic mass is 16.5. The SMILES string of the molecule is CC(C)(C)c1ccc(-c2noc(CN3CCCC(C(=O)NCc4ccc(CN5CCOCC5)cc4)C3)n2)cc1. The lowest BCUT2D eigenvalue weighted by Crippen LogP contribution is -2.42. The van der Waals surface area contributed by atoms with Gasteiger partial charge >= 0.3 is 0 Å². The molecule has 3 aromatic rings. The Morgan fingerprint density at radius 1 is 0.949 bits per heavy atom. The number of piperidine rings is 1. The molecule has 208 valence electrons. The van der Waals surface area contributed by atoms with Crippen LogP contribution in [0, 0.1) is 5.92 Å². The first-order chi connectivity index (χ1) is 18.8. The summed E-state index contributed by atoms with van der Waals surface area (Å²) in [6.07, 6.45) is 1.87. The van der Waals surface area contributed by atoms with Crippen LogP contribution in [0.5, 0.6) is 0 Å². The van der Waals surface area contributed by atoms with Crippen LogP contribution in [0.15, 0.2) is 53.1 Å². The normalized spacial score (nSPS) is 19.2. The van der Waals surface area contributed by atoms with Crippen molar-refractivity contribution < 1.29 is 14.1 Å². The van der Waals surface area contributed by atoms with E-state index in [2.05, 4.69) is 82.4 Å². The van der Waals surface area contributed by atoms with Crippen LogP contribution in [-0.2, 0) is 34.6 Å². The van der Waals surface area contributed by atoms with Crippen LogP contribution in [0.1, 0.15) is 56.2 Å². The van der Waals surface area contributed by atoms with E-state index in [9.17, 15) is 4.79 Å². The van der Waals surface area contributed by atoms with E-state index < -0.39 is 0 Å². The fourth-order valence-corrected chi connectivity index (χ4v) is 5.27. The summed E-state index contributed by atoms with van der Waals surface area (Å²) in [5, 5.41) is 7.35. The smallest absolute Gasteiger partial charge is 0.241 e. The Morgan fingerprint density at radius 3 is 2.38 bits per heavy atom. The molecule has 8 nitrogen and oxygen atoms in total. The first-order valence-electron chi connectivity index (χ1n) is 14.1. The van der Waals surface area contributed by atoms with Crippen LogP contribution < -0.4 is 5.32 Å². The monoisotopic (exact) mass is 531 g/mol. The highest BCUT2D eigenvalue weighted by Crippen LogP contribution is 2.25. The van der Waals surface area contributed by atoms with Crippen molar-refractivity contribution in [3.63, 3.8) is 0 Å². The molecule has 8 heteroatoms. The van der Waals surface area contributed by atoms with Crippen molar-refractivity contribution >= 4 is 5.91 Å². The molecular formula is C31H41N5O3. The zero-order chi connectivity index (χ0) is 27.2. The largest absolute Gasteiger partial charge is 0.379 e. The number of rotatable bonds is 8. The number of amides is 1. The number of likely N-dealkylation sites (tertiary alicyclic amines) is 1. The number of ether oxygens (including phenoxy) is 1. The summed E-state index contributed by atoms with van der Waals surface area (Å²) >= 11 is 0. The topological polar surface area (TPSA) is 83.7 Å². The van der Waals surface area contributed by atoms with E-state index in [0.717, 1.165) is 63.4 Å². The predicted molar refractivity (Wildman–Crippen MR) is 151 cm³/mol. The zero-order valence-corrected chi connectivity index (χ0v) is 23.5. The van der Waals surface area contributed by atoms with E-state index in [0.29, 0.717) is 31.3 Å². The van der Waals surface area contributed by atoms with Gasteiger partial charge in [0.1, 0.15) is 0 Å². The van der Waals surface area contributed by atoms with Gasteiger partial charge in [0.15, 0.2) is 0 Å². The van der Waals surface area contributed by atoms with E-state index in [1.54, 1.807) is 0 Å². The summed E-state index contributed by atoms with van der Waals surface area (Å²) in [6, 6.07) is 16.9. The van der Waals surface area contributed by atoms with Gasteiger partial charge in [-0.1, -0.05) is 74.5 Å². The molecule has 0 radical (unpaired) electrons. The average molecular weight is 532 g/mol. The fraction of sp³-hybridized carbons (Fsp3) is 0.516. The van der Waals surface area contributed by atoms with Gasteiger partial charge < -0.3 is 14.6 Å². The van der Waals surface area contributed by atoms with Crippen LogP contribution in [0.4, 0.5) is 0 Å². The van der Waals surface area contributed by atoms with Crippen LogP contribution in [0.2, 0.25) is 0 Å². The third-order valence-electron chi connectivity index (χ3n) is 7.71. The van der Waals surface area contributed by atoms with Crippen LogP contribution in [0.3, 0.4) is 0 Å². The minimum absolute atomic E-state index is 0.0355. The Morgan fingerprint density at radius 2 is 1.67 bits per heavy atom. The quantitative estimate of drug-likeness (QED) is 0.461. The van der Waals surface area contributed by atoms with Crippen molar-refractivity contribution in [2.45, 2.75) is 58.7 Å². The third kappa shape index (κ3) is 7.53. The van der Waals surface area contributed by atoms with Crippen molar-refractivity contribution in [2.75, 3.05) is 39.4 Å². The molecule has 1 amide bonds. The van der Waals surface area contributed by atoms with Crippen molar-refractivity contribution in [3.05, 3.63) is 71.1 Å². The van der Waals surface area contributed by atoms with Gasteiger partial charge in [0.05, 0.1) is 25.7 Å². The molecule has 1 atom stereocenters. The van der Waals surface area contributed by atoms with Gasteiger partial charge in [-0.3, -0.25) is 14.6 Å². The fourth-order valence-electron chi connectivity index (χ4n) is 5.27. The standard InChI is InChI=1S/C31H41N5O3/c1-31(2,3)27-12-10-25(11-13-27)29-33-28(39-34-29)22-36-14-4-5-26(21-36)30(37)32-19-23-6-8-24(9-7-23)20-35-15-17-38-18-16-35/h6-13,26H,4-5,14-22H2,1-3H3,(H,32,37). The molecule has 0 saturated carbocycles. The summed E-state index contributed by atoms with van der Waals surface area (Å²) < 4.78 is 11.0. The molecule has 2 fully saturated rings. The first kappa shape index (κ1) is 27.5. The minimum Gasteiger partial charge on any atom is -0.379 e. The number of morpholine rings is 1. The Labute approximate surface area is 231 Å². The highest BCUT2D eigenvalue weighted by molar-refractivity contribution is 5.79. The molecule has 2 aliphatic rings. The van der Waals surface area contributed by atoms with Gasteiger partial charge in [-0.2, -0.15) is 4.98 Å². The van der Waals surface area contributed by atoms with Crippen molar-refractivity contribution in [1.82, 2.24) is 25.3 Å². The Kier molecular flexibility index (Phi) is 8.75. The number of nitrogens with one attached hydrogen (secondary N) is 1. The number of hydrogen-bond acceptors (Lipinski definition) is 7. The summed E-state index contributed by atoms with van der Waals surface area (Å²) in [5.74, 6) is 1.27. The second-order valence-corrected chi connectivity index (χ2v) is 11.8. The lowest BCUT2D eigenvalue weighted by Gasteiger charge is -2.30. The number of carbonyl (C=O) groups excluding carboxylic acids is 1. The van der Waals surface area contributed by atoms with E-state index in [1.165, 1.54) is 11.1 Å². The molecule has 1 N–H and O–H groups in total. The maximum atomic E-state index is 13.0. The molecule has 3 heterocycles. The summed E-state index contributed by atoms with van der Waals surface area (Å²) in [6.45, 7) is 13.9. The zero-order valence-electron chi connectivity index (χ0n) is 23.5. The Balaban J connectivity index is 1.09. The van der Waals surface area contributed by atoms with Crippen molar-refractivity contribution in [1.29, 1.82) is 0 Å². The third-order valence-corrected chi connectivity index (χ3v) is 7.71. The second kappa shape index (κ2) is 12.4. The molecule has 39 heavy (non-hydrogen) atoms. The minimum atomic E-state index is -0.0355. The molecule has 1 aromatic heterocycles. The predicted octanol–water partition coefficient (Wildman–Crippen LogP) is 4.39. The number of hydrogen-bond donors (Lipinski definition) is 1. The van der Waals surface area contributed by atoms with E-state index >= 15 is 0 Å². The van der Waals surface area contributed by atoms with Crippen molar-refractivity contribution in [2.24, 2.45) is 5.92 Å². The van der Waals surface area contributed by atoms with Gasteiger partial charge in [0.25, 0.3) is 0 Å². The first-order valence-corrected chi connectivity index (χ1v) is 14.1. The maximum Gasteiger partial charge on any atom is 0.241 e. The maximum absolute atomic E-state index is 13.0. The summed E-state index contributed by atoms with van der Waals surface area (Å²) in [7, 11) is 0. The number of benzene rings is 2. The van der Waals surface area contributed by atoms with E-state index in [4.69, 9.17) is 9.26 Å². The molecule has 2 saturated heterocycles. The van der Waals surface area contributed by atoms with Gasteiger partial charge in [-0.05, 0) is 41.5 Å². The summed E-state index contributed by atoms with van der Waals surface area (Å²) in [4.78, 5) is 22.3. The lowest BCUT2D eigenvalue weighted by atomic mass is 9.87. The molecule has 0 spiro atoms. The average Bonchev–Trinajstić information content (AvgIpc) is 3.41. The van der Waals surface area contributed by atoms with E-state index in [-0.39, 0.29) is 17.2 Å². The molecule has 0 aliphatic carbocycles. The van der Waals surface area contributed by atoms with Gasteiger partial charge in [-0.15, -0.1) is 0 Å². The molecule has 1 unspecified atom stereocenters. The van der Waals surface area contributed by atoms with Crippen molar-refractivity contribution in [3.8, 4) is 11.4 Å². The van der Waals surface area contributed by atoms with Crippen LogP contribution in [-0.4, -0.2) is 65.2 Å². The van der Waals surface area contributed by atoms with Gasteiger partial charge in [-0.25, -0.2) is 0 Å². The van der Waals surface area contributed by atoms with E-state index in [1.807, 2.05) is 12.1 Å². The van der Waals surface area contributed by atoms with Gasteiger partial charge in [0, 0.05) is 38.3 Å². The van der Waals surface area contributed by atoms with Crippen LogP contribution in [0.25, 0.3) is 11.4 Å². The number of nitrogens with zero attached hydrogens (tertiary/aromatic N) is 4. The lowest BCUT2D eigenvalue weighted by molar-refractivity contribution is -0.127. The molecule has 2 aliphatic heterocycles.